The summed E-state index contributed by atoms with van der Waals surface area (Å²) in [5.41, 5.74) is 0.469. The number of rotatable bonds is 5. The minimum absolute atomic E-state index is 0.0716. The third-order valence-electron chi connectivity index (χ3n) is 14.0. The summed E-state index contributed by atoms with van der Waals surface area (Å²) < 4.78 is 11.7. The van der Waals surface area contributed by atoms with E-state index in [0.717, 1.165) is 32.1 Å². The van der Waals surface area contributed by atoms with Gasteiger partial charge in [0.2, 0.25) is 12.0 Å². The predicted molar refractivity (Wildman–Crippen MR) is 171 cm³/mol. The topological polar surface area (TPSA) is 99.5 Å². The highest BCUT2D eigenvalue weighted by atomic mass is 16.6. The summed E-state index contributed by atoms with van der Waals surface area (Å²) in [7, 11) is 0. The van der Waals surface area contributed by atoms with Crippen molar-refractivity contribution in [2.75, 3.05) is 32.8 Å². The number of carbonyl (C=O) groups is 2. The highest BCUT2D eigenvalue weighted by Gasteiger charge is 2.62. The van der Waals surface area contributed by atoms with Crippen LogP contribution in [0.4, 0.5) is 0 Å². The number of hydrogen-bond acceptors (Lipinski definition) is 6. The molecule has 5 fully saturated rings. The van der Waals surface area contributed by atoms with Crippen LogP contribution in [-0.4, -0.2) is 82.9 Å². The summed E-state index contributed by atoms with van der Waals surface area (Å²) in [6, 6.07) is 7.42. The molecule has 2 heterocycles. The van der Waals surface area contributed by atoms with Crippen LogP contribution in [0.5, 0.6) is 11.5 Å². The van der Waals surface area contributed by atoms with Gasteiger partial charge in [0.15, 0.2) is 11.5 Å². The summed E-state index contributed by atoms with van der Waals surface area (Å²) in [5.74, 6) is 4.37. The molecule has 0 radical (unpaired) electrons. The van der Waals surface area contributed by atoms with Crippen molar-refractivity contribution in [3.05, 3.63) is 24.3 Å². The summed E-state index contributed by atoms with van der Waals surface area (Å²) in [6.07, 6.45) is 8.86. The van der Waals surface area contributed by atoms with E-state index in [0.29, 0.717) is 79.6 Å². The van der Waals surface area contributed by atoms with Gasteiger partial charge in [0, 0.05) is 32.6 Å². The van der Waals surface area contributed by atoms with Crippen LogP contribution in [0.15, 0.2) is 24.3 Å². The Bertz CT molecular complexity index is 1270. The maximum absolute atomic E-state index is 13.3. The van der Waals surface area contributed by atoms with Gasteiger partial charge in [0.25, 0.3) is 5.91 Å². The third-order valence-corrected chi connectivity index (χ3v) is 14.0. The van der Waals surface area contributed by atoms with Crippen LogP contribution in [0.1, 0.15) is 85.0 Å². The minimum Gasteiger partial charge on any atom is -0.485 e. The quantitative estimate of drug-likeness (QED) is 0.485. The van der Waals surface area contributed by atoms with Gasteiger partial charge in [-0.05, 0) is 116 Å². The van der Waals surface area contributed by atoms with Crippen LogP contribution in [-0.2, 0) is 9.59 Å². The number of fused-ring (bicyclic) bond motifs is 6. The number of para-hydroxylation sites is 2. The van der Waals surface area contributed by atoms with E-state index in [-0.39, 0.29) is 41.5 Å². The van der Waals surface area contributed by atoms with Crippen molar-refractivity contribution in [1.82, 2.24) is 9.80 Å². The maximum Gasteiger partial charge on any atom is 0.267 e. The Labute approximate surface area is 268 Å². The summed E-state index contributed by atoms with van der Waals surface area (Å²) in [5, 5.41) is 21.9. The lowest BCUT2D eigenvalue weighted by atomic mass is 9.43. The summed E-state index contributed by atoms with van der Waals surface area (Å²) in [4.78, 5) is 30.2. The first-order valence-corrected chi connectivity index (χ1v) is 17.9. The zero-order valence-electron chi connectivity index (χ0n) is 27.5. The van der Waals surface area contributed by atoms with Gasteiger partial charge < -0.3 is 29.5 Å². The number of amides is 2. The fourth-order valence-electron chi connectivity index (χ4n) is 11.4. The normalized spacial score (nSPS) is 41.4. The first-order chi connectivity index (χ1) is 21.6. The van der Waals surface area contributed by atoms with E-state index in [4.69, 9.17) is 9.47 Å². The predicted octanol–water partition coefficient (Wildman–Crippen LogP) is 4.90. The van der Waals surface area contributed by atoms with E-state index in [1.54, 1.807) is 0 Å². The van der Waals surface area contributed by atoms with Gasteiger partial charge >= 0.3 is 0 Å². The van der Waals surface area contributed by atoms with Crippen molar-refractivity contribution in [3.63, 3.8) is 0 Å². The maximum atomic E-state index is 13.3. The van der Waals surface area contributed by atoms with Crippen LogP contribution >= 0.6 is 0 Å². The molecule has 8 heteroatoms. The Morgan fingerprint density at radius 1 is 0.911 bits per heavy atom. The van der Waals surface area contributed by atoms with Crippen LogP contribution in [0.25, 0.3) is 0 Å². The first kappa shape index (κ1) is 31.3. The number of nitrogens with zero attached hydrogens (tertiary/aromatic N) is 2. The summed E-state index contributed by atoms with van der Waals surface area (Å²) >= 11 is 0. The molecule has 7 rings (SSSR count). The van der Waals surface area contributed by atoms with Crippen molar-refractivity contribution in [2.45, 2.75) is 103 Å². The first-order valence-electron chi connectivity index (χ1n) is 17.9. The van der Waals surface area contributed by atoms with Crippen molar-refractivity contribution >= 4 is 11.8 Å². The van der Waals surface area contributed by atoms with Gasteiger partial charge in [-0.3, -0.25) is 9.59 Å². The highest BCUT2D eigenvalue weighted by molar-refractivity contribution is 5.82. The fourth-order valence-corrected chi connectivity index (χ4v) is 11.4. The number of aliphatic hydroxyl groups is 2. The lowest BCUT2D eigenvalue weighted by Gasteiger charge is -2.62. The van der Waals surface area contributed by atoms with E-state index in [2.05, 4.69) is 20.8 Å². The molecule has 248 valence electrons. The lowest BCUT2D eigenvalue weighted by Crippen LogP contribution is -2.58. The Hall–Kier alpha value is -2.32. The van der Waals surface area contributed by atoms with Crippen LogP contribution in [0, 0.1) is 46.3 Å². The van der Waals surface area contributed by atoms with Crippen molar-refractivity contribution < 1.29 is 29.3 Å². The van der Waals surface area contributed by atoms with Gasteiger partial charge in [-0.25, -0.2) is 0 Å². The van der Waals surface area contributed by atoms with Gasteiger partial charge in [-0.2, -0.15) is 0 Å². The van der Waals surface area contributed by atoms with Crippen LogP contribution in [0.2, 0.25) is 0 Å². The largest absolute Gasteiger partial charge is 0.485 e. The number of carbonyl (C=O) groups excluding carboxylic acids is 2. The Balaban J connectivity index is 0.909. The van der Waals surface area contributed by atoms with Crippen molar-refractivity contribution in [1.29, 1.82) is 0 Å². The Morgan fingerprint density at radius 2 is 1.60 bits per heavy atom. The minimum atomic E-state index is -0.649. The standard InChI is InChI=1S/C37H54N2O6/c1-23(8-11-33(42)38-16-18-39(19-17-38)35(43)32-22-44-30-6-4-5-7-31(30)45-32)26-9-10-27-34-28(13-15-37(26,27)3)36(2)14-12-25(40)20-24(36)21-29(34)41/h4-7,23-29,32,34,40-41H,8-22H2,1-3H3/t23-,24-,25-,26+,27-,28-,29+,32-,34+,36+,37-/m1/s1. The fraction of sp³-hybridized carbons (Fsp3) is 0.784. The molecule has 0 spiro atoms. The molecular formula is C37H54N2O6. The molecule has 0 aromatic heterocycles. The lowest BCUT2D eigenvalue weighted by molar-refractivity contribution is -0.174. The molecule has 11 atom stereocenters. The summed E-state index contributed by atoms with van der Waals surface area (Å²) in [6.45, 7) is 9.71. The number of hydrogen-bond donors (Lipinski definition) is 2. The molecule has 1 aromatic rings. The number of ether oxygens (including phenoxy) is 2. The molecule has 8 nitrogen and oxygen atoms in total. The monoisotopic (exact) mass is 622 g/mol. The molecule has 1 aromatic carbocycles. The van der Waals surface area contributed by atoms with Crippen molar-refractivity contribution in [2.24, 2.45) is 46.3 Å². The van der Waals surface area contributed by atoms with E-state index in [1.807, 2.05) is 34.1 Å². The molecule has 6 aliphatic rings. The highest BCUT2D eigenvalue weighted by Crippen LogP contribution is 2.68. The average molecular weight is 623 g/mol. The second-order valence-electron chi connectivity index (χ2n) is 16.0. The van der Waals surface area contributed by atoms with Crippen LogP contribution in [0.3, 0.4) is 0 Å². The van der Waals surface area contributed by atoms with E-state index in [1.165, 1.54) is 25.7 Å². The molecule has 2 N–H and O–H groups in total. The molecule has 4 aliphatic carbocycles. The molecule has 0 bridgehead atoms. The number of piperazine rings is 1. The van der Waals surface area contributed by atoms with Gasteiger partial charge in [0.05, 0.1) is 12.2 Å². The van der Waals surface area contributed by atoms with E-state index < -0.39 is 6.10 Å². The molecule has 0 unspecified atom stereocenters. The van der Waals surface area contributed by atoms with E-state index >= 15 is 0 Å². The molecular weight excluding hydrogens is 568 g/mol. The third kappa shape index (κ3) is 5.46. The zero-order chi connectivity index (χ0) is 31.5. The van der Waals surface area contributed by atoms with Crippen LogP contribution < -0.4 is 9.47 Å². The van der Waals surface area contributed by atoms with Crippen molar-refractivity contribution in [3.8, 4) is 11.5 Å². The molecule has 2 aliphatic heterocycles. The number of aliphatic hydroxyl groups excluding tert-OH is 2. The smallest absolute Gasteiger partial charge is 0.267 e. The SMILES string of the molecule is C[C@H](CCC(=O)N1CCN(C(=O)[C@H]2COc3ccccc3O2)CC1)[C@@H]1CC[C@@H]2[C@H]3[C@@H](CC[C@@]21C)[C@@]1(C)CC[C@@H](O)C[C@@H]1C[C@@H]3O. The number of benzene rings is 1. The molecule has 4 saturated carbocycles. The molecule has 2 amide bonds. The Kier molecular flexibility index (Phi) is 8.37. The zero-order valence-corrected chi connectivity index (χ0v) is 27.5. The van der Waals surface area contributed by atoms with Gasteiger partial charge in [0.1, 0.15) is 6.61 Å². The second kappa shape index (κ2) is 12.0. The average Bonchev–Trinajstić information content (AvgIpc) is 3.41. The Morgan fingerprint density at radius 3 is 2.38 bits per heavy atom. The van der Waals surface area contributed by atoms with E-state index in [9.17, 15) is 19.8 Å². The van der Waals surface area contributed by atoms with Gasteiger partial charge in [-0.1, -0.05) is 32.9 Å². The van der Waals surface area contributed by atoms with Gasteiger partial charge in [-0.15, -0.1) is 0 Å². The molecule has 1 saturated heterocycles. The second-order valence-corrected chi connectivity index (χ2v) is 16.0. The molecule has 45 heavy (non-hydrogen) atoms.